The molecule has 0 radical (unpaired) electrons. The summed E-state index contributed by atoms with van der Waals surface area (Å²) in [6.45, 7) is 4.05. The summed E-state index contributed by atoms with van der Waals surface area (Å²) >= 11 is 3.58. The number of benzene rings is 3. The predicted octanol–water partition coefficient (Wildman–Crippen LogP) is 6.33. The van der Waals surface area contributed by atoms with Crippen LogP contribution >= 0.6 is 28.3 Å². The second-order valence-electron chi connectivity index (χ2n) is 6.96. The zero-order valence-corrected chi connectivity index (χ0v) is 20.6. The van der Waals surface area contributed by atoms with E-state index in [0.717, 1.165) is 28.8 Å². The molecule has 7 heteroatoms. The van der Waals surface area contributed by atoms with Crippen molar-refractivity contribution in [1.29, 1.82) is 0 Å². The number of halogens is 3. The highest BCUT2D eigenvalue weighted by atomic mass is 79.9. The first-order chi connectivity index (χ1) is 15.1. The van der Waals surface area contributed by atoms with Gasteiger partial charge >= 0.3 is 0 Å². The van der Waals surface area contributed by atoms with Gasteiger partial charge in [-0.2, -0.15) is 0 Å². The molecule has 4 nitrogen and oxygen atoms in total. The fourth-order valence-electron chi connectivity index (χ4n) is 3.26. The molecule has 3 aromatic carbocycles. The minimum Gasteiger partial charge on any atom is -0.496 e. The second kappa shape index (κ2) is 13.3. The van der Waals surface area contributed by atoms with Crippen LogP contribution in [0.4, 0.5) is 4.39 Å². The van der Waals surface area contributed by atoms with Crippen LogP contribution in [0, 0.1) is 5.82 Å². The maximum Gasteiger partial charge on any atom is 0.175 e. The number of ether oxygens (including phenoxy) is 3. The molecule has 0 aliphatic heterocycles. The maximum absolute atomic E-state index is 13.9. The van der Waals surface area contributed by atoms with E-state index in [2.05, 4.69) is 27.3 Å². The lowest BCUT2D eigenvalue weighted by atomic mass is 10.1. The van der Waals surface area contributed by atoms with Crippen molar-refractivity contribution < 1.29 is 18.6 Å². The minimum absolute atomic E-state index is 0. The Kier molecular flexibility index (Phi) is 10.8. The molecule has 3 aromatic rings. The summed E-state index contributed by atoms with van der Waals surface area (Å²) in [5.41, 5.74) is 2.73. The van der Waals surface area contributed by atoms with Gasteiger partial charge in [0.15, 0.2) is 11.5 Å². The van der Waals surface area contributed by atoms with E-state index >= 15 is 0 Å². The smallest absolute Gasteiger partial charge is 0.175 e. The molecule has 1 N–H and O–H groups in total. The third-order valence-electron chi connectivity index (χ3n) is 4.79. The SMILES string of the molecule is CCOc1cc(CNCCc2ccccc2OC)cc(Br)c1OCc1ccccc1F.Cl. The Balaban J connectivity index is 0.00000363. The Morgan fingerprint density at radius 1 is 0.938 bits per heavy atom. The molecule has 0 amide bonds. The average Bonchev–Trinajstić information content (AvgIpc) is 2.77. The van der Waals surface area contributed by atoms with Crippen LogP contribution in [0.25, 0.3) is 0 Å². The first-order valence-corrected chi connectivity index (χ1v) is 11.1. The van der Waals surface area contributed by atoms with Crippen LogP contribution in [-0.4, -0.2) is 20.3 Å². The van der Waals surface area contributed by atoms with Crippen molar-refractivity contribution in [2.75, 3.05) is 20.3 Å². The van der Waals surface area contributed by atoms with Gasteiger partial charge in [0.2, 0.25) is 0 Å². The third-order valence-corrected chi connectivity index (χ3v) is 5.38. The van der Waals surface area contributed by atoms with Gasteiger partial charge in [-0.05, 0) is 71.2 Å². The average molecular weight is 525 g/mol. The van der Waals surface area contributed by atoms with Crippen LogP contribution in [-0.2, 0) is 19.6 Å². The van der Waals surface area contributed by atoms with Crippen molar-refractivity contribution in [2.45, 2.75) is 26.5 Å². The van der Waals surface area contributed by atoms with E-state index in [-0.39, 0.29) is 24.8 Å². The molecule has 0 atom stereocenters. The quantitative estimate of drug-likeness (QED) is 0.298. The van der Waals surface area contributed by atoms with E-state index in [0.29, 0.717) is 30.2 Å². The van der Waals surface area contributed by atoms with Gasteiger partial charge in [-0.1, -0.05) is 36.4 Å². The van der Waals surface area contributed by atoms with Gasteiger partial charge in [-0.15, -0.1) is 12.4 Å². The molecule has 3 rings (SSSR count). The molecule has 0 fully saturated rings. The molecule has 172 valence electrons. The molecular weight excluding hydrogens is 497 g/mol. The maximum atomic E-state index is 13.9. The summed E-state index contributed by atoms with van der Waals surface area (Å²) in [4.78, 5) is 0. The molecule has 0 spiro atoms. The van der Waals surface area contributed by atoms with E-state index in [1.54, 1.807) is 25.3 Å². The van der Waals surface area contributed by atoms with Crippen molar-refractivity contribution >= 4 is 28.3 Å². The largest absolute Gasteiger partial charge is 0.496 e. The first-order valence-electron chi connectivity index (χ1n) is 10.3. The number of hydrogen-bond donors (Lipinski definition) is 1. The third kappa shape index (κ3) is 7.12. The summed E-state index contributed by atoms with van der Waals surface area (Å²) in [7, 11) is 1.69. The van der Waals surface area contributed by atoms with Crippen LogP contribution in [0.1, 0.15) is 23.6 Å². The van der Waals surface area contributed by atoms with Gasteiger partial charge in [0.1, 0.15) is 18.2 Å². The second-order valence-corrected chi connectivity index (χ2v) is 7.81. The van der Waals surface area contributed by atoms with Gasteiger partial charge in [-0.25, -0.2) is 4.39 Å². The molecule has 0 saturated carbocycles. The number of hydrogen-bond acceptors (Lipinski definition) is 4. The van der Waals surface area contributed by atoms with Crippen LogP contribution in [0.15, 0.2) is 65.1 Å². The Morgan fingerprint density at radius 3 is 2.38 bits per heavy atom. The highest BCUT2D eigenvalue weighted by molar-refractivity contribution is 9.10. The van der Waals surface area contributed by atoms with Crippen molar-refractivity contribution in [1.82, 2.24) is 5.32 Å². The molecule has 32 heavy (non-hydrogen) atoms. The fourth-order valence-corrected chi connectivity index (χ4v) is 3.86. The van der Waals surface area contributed by atoms with Gasteiger partial charge in [0.25, 0.3) is 0 Å². The fraction of sp³-hybridized carbons (Fsp3) is 0.280. The lowest BCUT2D eigenvalue weighted by molar-refractivity contribution is 0.264. The first kappa shape index (κ1) is 26.0. The van der Waals surface area contributed by atoms with Crippen molar-refractivity contribution in [3.8, 4) is 17.2 Å². The normalized spacial score (nSPS) is 10.4. The summed E-state index contributed by atoms with van der Waals surface area (Å²) in [6, 6.07) is 18.6. The number of methoxy groups -OCH3 is 1. The molecule has 0 bridgehead atoms. The Hall–Kier alpha value is -2.28. The zero-order valence-electron chi connectivity index (χ0n) is 18.2. The van der Waals surface area contributed by atoms with Gasteiger partial charge in [0, 0.05) is 12.1 Å². The molecule has 0 unspecified atom stereocenters. The minimum atomic E-state index is -0.285. The topological polar surface area (TPSA) is 39.7 Å². The molecule has 0 aromatic heterocycles. The monoisotopic (exact) mass is 523 g/mol. The van der Waals surface area contributed by atoms with Crippen molar-refractivity contribution in [3.63, 3.8) is 0 Å². The molecule has 0 heterocycles. The van der Waals surface area contributed by atoms with Crippen molar-refractivity contribution in [3.05, 3.63) is 87.6 Å². The van der Waals surface area contributed by atoms with Gasteiger partial charge in [0.05, 0.1) is 18.2 Å². The zero-order chi connectivity index (χ0) is 22.1. The van der Waals surface area contributed by atoms with Crippen LogP contribution in [0.5, 0.6) is 17.2 Å². The van der Waals surface area contributed by atoms with E-state index < -0.39 is 0 Å². The number of para-hydroxylation sites is 1. The molecule has 0 saturated heterocycles. The Labute approximate surface area is 203 Å². The Bertz CT molecular complexity index is 1000. The van der Waals surface area contributed by atoms with E-state index in [1.165, 1.54) is 11.6 Å². The van der Waals surface area contributed by atoms with Crippen molar-refractivity contribution in [2.24, 2.45) is 0 Å². The number of nitrogens with one attached hydrogen (secondary N) is 1. The van der Waals surface area contributed by atoms with Crippen LogP contribution in [0.2, 0.25) is 0 Å². The highest BCUT2D eigenvalue weighted by Crippen LogP contribution is 2.37. The van der Waals surface area contributed by atoms with Gasteiger partial charge < -0.3 is 19.5 Å². The molecule has 0 aliphatic carbocycles. The van der Waals surface area contributed by atoms with E-state index in [4.69, 9.17) is 14.2 Å². The lowest BCUT2D eigenvalue weighted by Crippen LogP contribution is -2.17. The standard InChI is InChI=1S/C25H27BrFNO3.ClH/c1-3-30-24-15-18(16-28-13-12-19-8-5-7-11-23(19)29-2)14-21(26)25(24)31-17-20-9-4-6-10-22(20)27;/h4-11,14-15,28H,3,12-13,16-17H2,1-2H3;1H. The van der Waals surface area contributed by atoms with Crippen LogP contribution in [0.3, 0.4) is 0 Å². The summed E-state index contributed by atoms with van der Waals surface area (Å²) in [5.74, 6) is 1.83. The summed E-state index contributed by atoms with van der Waals surface area (Å²) in [6.07, 6.45) is 0.868. The predicted molar refractivity (Wildman–Crippen MR) is 132 cm³/mol. The molecular formula is C25H28BrClFNO3. The summed E-state index contributed by atoms with van der Waals surface area (Å²) in [5, 5.41) is 3.46. The van der Waals surface area contributed by atoms with E-state index in [1.807, 2.05) is 37.3 Å². The Morgan fingerprint density at radius 2 is 1.66 bits per heavy atom. The molecule has 0 aliphatic rings. The van der Waals surface area contributed by atoms with E-state index in [9.17, 15) is 4.39 Å². The van der Waals surface area contributed by atoms with Crippen LogP contribution < -0.4 is 19.5 Å². The number of rotatable bonds is 11. The summed E-state index contributed by atoms with van der Waals surface area (Å²) < 4.78 is 31.8. The highest BCUT2D eigenvalue weighted by Gasteiger charge is 2.14. The van der Waals surface area contributed by atoms with Gasteiger partial charge in [-0.3, -0.25) is 0 Å². The lowest BCUT2D eigenvalue weighted by Gasteiger charge is -2.16.